The molecule has 3 nitrogen and oxygen atoms in total. The van der Waals surface area contributed by atoms with Gasteiger partial charge in [-0.1, -0.05) is 0 Å². The molecule has 0 amide bonds. The topological polar surface area (TPSA) is 38.5 Å². The van der Waals surface area contributed by atoms with E-state index in [0.717, 1.165) is 13.1 Å². The minimum absolute atomic E-state index is 0.308. The first-order chi connectivity index (χ1) is 5.15. The van der Waals surface area contributed by atoms with Crippen molar-refractivity contribution in [1.29, 1.82) is 0 Å². The van der Waals surface area contributed by atoms with E-state index in [2.05, 4.69) is 18.7 Å². The highest BCUT2D eigenvalue weighted by atomic mass is 16.5. The summed E-state index contributed by atoms with van der Waals surface area (Å²) in [5.74, 6) is 0. The van der Waals surface area contributed by atoms with Gasteiger partial charge in [-0.3, -0.25) is 4.90 Å². The fourth-order valence-electron chi connectivity index (χ4n) is 1.38. The molecular formula is C8H18N2O. The first-order valence-electron chi connectivity index (χ1n) is 4.17. The number of methoxy groups -OCH3 is 1. The van der Waals surface area contributed by atoms with Crippen LogP contribution in [0.15, 0.2) is 0 Å². The Kier molecular flexibility index (Phi) is 2.87. The van der Waals surface area contributed by atoms with Crippen molar-refractivity contribution in [3.63, 3.8) is 0 Å². The van der Waals surface area contributed by atoms with Gasteiger partial charge in [0.05, 0.1) is 6.10 Å². The van der Waals surface area contributed by atoms with Crippen LogP contribution in [0.5, 0.6) is 0 Å². The third kappa shape index (κ3) is 1.92. The molecule has 11 heavy (non-hydrogen) atoms. The van der Waals surface area contributed by atoms with Crippen LogP contribution < -0.4 is 5.73 Å². The van der Waals surface area contributed by atoms with Gasteiger partial charge in [-0.05, 0) is 13.8 Å². The Balaban J connectivity index is 2.25. The minimum Gasteiger partial charge on any atom is -0.380 e. The van der Waals surface area contributed by atoms with Gasteiger partial charge in [0.25, 0.3) is 0 Å². The molecule has 0 bridgehead atoms. The molecule has 0 aliphatic carbocycles. The van der Waals surface area contributed by atoms with E-state index in [0.29, 0.717) is 18.2 Å². The standard InChI is InChI=1S/C8H18N2O/c1-6(7(2)11-3)10-4-8(9)5-10/h6-8H,4-5,9H2,1-3H3. The summed E-state index contributed by atoms with van der Waals surface area (Å²) in [6.45, 7) is 6.32. The normalized spacial score (nSPS) is 26.2. The smallest absolute Gasteiger partial charge is 0.0695 e. The zero-order valence-electron chi connectivity index (χ0n) is 7.58. The predicted molar refractivity (Wildman–Crippen MR) is 45.5 cm³/mol. The number of hydrogen-bond donors (Lipinski definition) is 1. The van der Waals surface area contributed by atoms with Crippen LogP contribution in [0, 0.1) is 0 Å². The average Bonchev–Trinajstić information content (AvgIpc) is 1.96. The molecule has 0 aromatic heterocycles. The van der Waals surface area contributed by atoms with Crippen LogP contribution in [0.4, 0.5) is 0 Å². The third-order valence-corrected chi connectivity index (χ3v) is 2.57. The lowest BCUT2D eigenvalue weighted by atomic mass is 10.0. The second kappa shape index (κ2) is 3.52. The number of nitrogens with two attached hydrogens (primary N) is 1. The van der Waals surface area contributed by atoms with Crippen LogP contribution >= 0.6 is 0 Å². The summed E-state index contributed by atoms with van der Waals surface area (Å²) >= 11 is 0. The van der Waals surface area contributed by atoms with Crippen molar-refractivity contribution in [3.05, 3.63) is 0 Å². The Hall–Kier alpha value is -0.120. The SMILES string of the molecule is COC(C)C(C)N1CC(N)C1. The van der Waals surface area contributed by atoms with Crippen LogP contribution in [-0.4, -0.2) is 43.3 Å². The number of nitrogens with zero attached hydrogens (tertiary/aromatic N) is 1. The number of hydrogen-bond acceptors (Lipinski definition) is 3. The molecule has 1 saturated heterocycles. The van der Waals surface area contributed by atoms with E-state index in [1.807, 2.05) is 0 Å². The van der Waals surface area contributed by atoms with Gasteiger partial charge in [0.2, 0.25) is 0 Å². The van der Waals surface area contributed by atoms with Gasteiger partial charge in [0.15, 0.2) is 0 Å². The molecule has 2 unspecified atom stereocenters. The highest BCUT2D eigenvalue weighted by molar-refractivity contribution is 4.88. The maximum Gasteiger partial charge on any atom is 0.0695 e. The lowest BCUT2D eigenvalue weighted by Gasteiger charge is -2.43. The number of likely N-dealkylation sites (tertiary alicyclic amines) is 1. The van der Waals surface area contributed by atoms with E-state index in [4.69, 9.17) is 10.5 Å². The fraction of sp³-hybridized carbons (Fsp3) is 1.00. The van der Waals surface area contributed by atoms with Crippen molar-refractivity contribution in [2.75, 3.05) is 20.2 Å². The van der Waals surface area contributed by atoms with E-state index in [-0.39, 0.29) is 0 Å². The average molecular weight is 158 g/mol. The summed E-state index contributed by atoms with van der Waals surface area (Å²) in [5.41, 5.74) is 5.67. The van der Waals surface area contributed by atoms with Crippen LogP contribution in [0.2, 0.25) is 0 Å². The van der Waals surface area contributed by atoms with Gasteiger partial charge in [-0.25, -0.2) is 0 Å². The van der Waals surface area contributed by atoms with Crippen molar-refractivity contribution in [1.82, 2.24) is 4.90 Å². The summed E-state index contributed by atoms with van der Waals surface area (Å²) in [4.78, 5) is 2.35. The molecule has 0 radical (unpaired) electrons. The van der Waals surface area contributed by atoms with Crippen molar-refractivity contribution < 1.29 is 4.74 Å². The largest absolute Gasteiger partial charge is 0.380 e. The molecule has 0 saturated carbocycles. The molecule has 1 aliphatic heterocycles. The van der Waals surface area contributed by atoms with Crippen LogP contribution in [0.1, 0.15) is 13.8 Å². The third-order valence-electron chi connectivity index (χ3n) is 2.57. The highest BCUT2D eigenvalue weighted by Crippen LogP contribution is 2.14. The molecule has 0 aromatic carbocycles. The Morgan fingerprint density at radius 2 is 2.00 bits per heavy atom. The molecule has 0 aromatic rings. The van der Waals surface area contributed by atoms with Gasteiger partial charge >= 0.3 is 0 Å². The maximum absolute atomic E-state index is 5.67. The van der Waals surface area contributed by atoms with Gasteiger partial charge in [-0.2, -0.15) is 0 Å². The van der Waals surface area contributed by atoms with Crippen molar-refractivity contribution in [3.8, 4) is 0 Å². The summed E-state index contributed by atoms with van der Waals surface area (Å²) in [6, 6.07) is 0.890. The van der Waals surface area contributed by atoms with Gasteiger partial charge in [0, 0.05) is 32.3 Å². The molecule has 1 rings (SSSR count). The summed E-state index contributed by atoms with van der Waals surface area (Å²) in [5, 5.41) is 0. The lowest BCUT2D eigenvalue weighted by Crippen LogP contribution is -2.60. The molecule has 1 fully saturated rings. The van der Waals surface area contributed by atoms with E-state index < -0.39 is 0 Å². The number of rotatable bonds is 3. The summed E-state index contributed by atoms with van der Waals surface area (Å²) in [7, 11) is 1.75. The second-order valence-electron chi connectivity index (χ2n) is 3.40. The van der Waals surface area contributed by atoms with Crippen LogP contribution in [0.3, 0.4) is 0 Å². The van der Waals surface area contributed by atoms with Gasteiger partial charge in [0.1, 0.15) is 0 Å². The summed E-state index contributed by atoms with van der Waals surface area (Å²) in [6.07, 6.45) is 0.308. The van der Waals surface area contributed by atoms with E-state index in [9.17, 15) is 0 Å². The zero-order chi connectivity index (χ0) is 8.43. The molecule has 3 heteroatoms. The molecule has 0 spiro atoms. The zero-order valence-corrected chi connectivity index (χ0v) is 7.58. The molecule has 66 valence electrons. The fourth-order valence-corrected chi connectivity index (χ4v) is 1.38. The number of ether oxygens (including phenoxy) is 1. The molecule has 2 atom stereocenters. The Bertz CT molecular complexity index is 123. The van der Waals surface area contributed by atoms with Crippen LogP contribution in [-0.2, 0) is 4.74 Å². The van der Waals surface area contributed by atoms with Crippen molar-refractivity contribution in [2.45, 2.75) is 32.0 Å². The van der Waals surface area contributed by atoms with Crippen LogP contribution in [0.25, 0.3) is 0 Å². The Morgan fingerprint density at radius 3 is 2.36 bits per heavy atom. The second-order valence-corrected chi connectivity index (χ2v) is 3.40. The minimum atomic E-state index is 0.308. The predicted octanol–water partition coefficient (Wildman–Crippen LogP) is 0.0527. The maximum atomic E-state index is 5.67. The molecule has 1 aliphatic rings. The monoisotopic (exact) mass is 158 g/mol. The van der Waals surface area contributed by atoms with E-state index in [1.54, 1.807) is 7.11 Å². The van der Waals surface area contributed by atoms with E-state index >= 15 is 0 Å². The van der Waals surface area contributed by atoms with Gasteiger partial charge in [-0.15, -0.1) is 0 Å². The summed E-state index contributed by atoms with van der Waals surface area (Å²) < 4.78 is 5.22. The molecular weight excluding hydrogens is 140 g/mol. The Labute approximate surface area is 68.5 Å². The first kappa shape index (κ1) is 8.97. The first-order valence-corrected chi connectivity index (χ1v) is 4.17. The van der Waals surface area contributed by atoms with E-state index in [1.165, 1.54) is 0 Å². The molecule has 2 N–H and O–H groups in total. The Morgan fingerprint density at radius 1 is 1.45 bits per heavy atom. The van der Waals surface area contributed by atoms with Crippen molar-refractivity contribution in [2.24, 2.45) is 5.73 Å². The quantitative estimate of drug-likeness (QED) is 0.631. The lowest BCUT2D eigenvalue weighted by molar-refractivity contribution is -0.000939. The highest BCUT2D eigenvalue weighted by Gasteiger charge is 2.29. The molecule has 1 heterocycles. The van der Waals surface area contributed by atoms with Crippen molar-refractivity contribution >= 4 is 0 Å². The van der Waals surface area contributed by atoms with Gasteiger partial charge < -0.3 is 10.5 Å².